The molecule has 0 spiro atoms. The first-order chi connectivity index (χ1) is 5.96. The van der Waals surface area contributed by atoms with Crippen molar-refractivity contribution in [2.24, 2.45) is 0 Å². The molecule has 0 aromatic heterocycles. The lowest BCUT2D eigenvalue weighted by molar-refractivity contribution is -0.154. The van der Waals surface area contributed by atoms with Crippen LogP contribution in [0.4, 0.5) is 4.39 Å². The zero-order valence-electron chi connectivity index (χ0n) is 7.46. The van der Waals surface area contributed by atoms with Crippen LogP contribution in [0.2, 0.25) is 0 Å². The second-order valence-corrected chi connectivity index (χ2v) is 3.47. The van der Waals surface area contributed by atoms with Crippen molar-refractivity contribution in [2.75, 3.05) is 6.61 Å². The maximum atomic E-state index is 13.4. The van der Waals surface area contributed by atoms with Crippen LogP contribution in [-0.2, 0) is 9.53 Å². The summed E-state index contributed by atoms with van der Waals surface area (Å²) in [5, 5.41) is 9.16. The van der Waals surface area contributed by atoms with Crippen LogP contribution in [0.5, 0.6) is 0 Å². The van der Waals surface area contributed by atoms with Gasteiger partial charge >= 0.3 is 5.97 Å². The molecule has 0 aromatic rings. The van der Waals surface area contributed by atoms with Crippen LogP contribution in [0.25, 0.3) is 0 Å². The van der Waals surface area contributed by atoms with Crippen LogP contribution in [0, 0.1) is 0 Å². The zero-order valence-corrected chi connectivity index (χ0v) is 9.04. The fourth-order valence-electron chi connectivity index (χ4n) is 0.651. The maximum Gasteiger partial charge on any atom is 0.358 e. The standard InChI is InChI=1S/C8H12BrFO3/c1-3-5-6(11)8(9,10)7(12)13-4-2/h3,5-6,11H,4H2,1-2H3/b5-3+/t6-,8-/m1/s1. The third-order valence-electron chi connectivity index (χ3n) is 1.29. The Kier molecular flexibility index (Phi) is 5.17. The van der Waals surface area contributed by atoms with Gasteiger partial charge in [-0.05, 0) is 29.8 Å². The van der Waals surface area contributed by atoms with Gasteiger partial charge in [-0.3, -0.25) is 0 Å². The van der Waals surface area contributed by atoms with E-state index < -0.39 is 16.7 Å². The molecule has 0 aliphatic rings. The number of aliphatic hydroxyl groups is 1. The van der Waals surface area contributed by atoms with Gasteiger partial charge in [-0.15, -0.1) is 0 Å². The van der Waals surface area contributed by atoms with Crippen LogP contribution in [0.15, 0.2) is 12.2 Å². The van der Waals surface area contributed by atoms with Gasteiger partial charge in [-0.1, -0.05) is 12.2 Å². The van der Waals surface area contributed by atoms with E-state index in [1.165, 1.54) is 6.08 Å². The number of rotatable bonds is 4. The van der Waals surface area contributed by atoms with Crippen LogP contribution >= 0.6 is 15.9 Å². The van der Waals surface area contributed by atoms with Gasteiger partial charge in [-0.25, -0.2) is 9.18 Å². The highest BCUT2D eigenvalue weighted by atomic mass is 79.9. The van der Waals surface area contributed by atoms with E-state index in [9.17, 15) is 9.18 Å². The molecule has 0 amide bonds. The van der Waals surface area contributed by atoms with Crippen molar-refractivity contribution < 1.29 is 19.0 Å². The molecule has 0 heterocycles. The van der Waals surface area contributed by atoms with E-state index in [-0.39, 0.29) is 6.61 Å². The third-order valence-corrected chi connectivity index (χ3v) is 2.09. The Bertz CT molecular complexity index is 204. The molecule has 13 heavy (non-hydrogen) atoms. The summed E-state index contributed by atoms with van der Waals surface area (Å²) in [5.41, 5.74) is 0. The van der Waals surface area contributed by atoms with E-state index in [1.54, 1.807) is 13.8 Å². The number of allylic oxidation sites excluding steroid dienone is 1. The predicted octanol–water partition coefficient (Wildman–Crippen LogP) is 1.55. The lowest BCUT2D eigenvalue weighted by Crippen LogP contribution is -2.40. The lowest BCUT2D eigenvalue weighted by Gasteiger charge is -2.19. The number of alkyl halides is 2. The third kappa shape index (κ3) is 3.44. The molecule has 5 heteroatoms. The van der Waals surface area contributed by atoms with E-state index in [0.717, 1.165) is 6.08 Å². The number of carbonyl (C=O) groups is 1. The molecule has 0 bridgehead atoms. The molecule has 0 saturated carbocycles. The number of carbonyl (C=O) groups excluding carboxylic acids is 1. The van der Waals surface area contributed by atoms with Crippen molar-refractivity contribution in [1.82, 2.24) is 0 Å². The number of ether oxygens (including phenoxy) is 1. The summed E-state index contributed by atoms with van der Waals surface area (Å²) in [6, 6.07) is 0. The Labute approximate surface area is 84.7 Å². The molecule has 76 valence electrons. The Balaban J connectivity index is 4.44. The van der Waals surface area contributed by atoms with Gasteiger partial charge in [-0.2, -0.15) is 0 Å². The van der Waals surface area contributed by atoms with Crippen molar-refractivity contribution in [3.8, 4) is 0 Å². The second kappa shape index (κ2) is 5.34. The molecule has 0 aliphatic carbocycles. The summed E-state index contributed by atoms with van der Waals surface area (Å²) in [7, 11) is 0. The van der Waals surface area contributed by atoms with Gasteiger partial charge in [0.15, 0.2) is 0 Å². The molecule has 0 aromatic carbocycles. The van der Waals surface area contributed by atoms with Crippen molar-refractivity contribution in [3.63, 3.8) is 0 Å². The van der Waals surface area contributed by atoms with E-state index in [1.807, 2.05) is 0 Å². The van der Waals surface area contributed by atoms with Gasteiger partial charge in [0.25, 0.3) is 4.58 Å². The van der Waals surface area contributed by atoms with E-state index >= 15 is 0 Å². The molecule has 0 fully saturated rings. The fourth-order valence-corrected chi connectivity index (χ4v) is 0.918. The summed E-state index contributed by atoms with van der Waals surface area (Å²) in [4.78, 5) is 10.9. The first-order valence-electron chi connectivity index (χ1n) is 3.82. The number of halogens is 2. The van der Waals surface area contributed by atoms with E-state index in [4.69, 9.17) is 5.11 Å². The largest absolute Gasteiger partial charge is 0.463 e. The van der Waals surface area contributed by atoms with E-state index in [0.29, 0.717) is 0 Å². The minimum Gasteiger partial charge on any atom is -0.463 e. The zero-order chi connectivity index (χ0) is 10.5. The monoisotopic (exact) mass is 254 g/mol. The molecule has 0 radical (unpaired) electrons. The highest BCUT2D eigenvalue weighted by Gasteiger charge is 2.43. The lowest BCUT2D eigenvalue weighted by atomic mass is 10.2. The average Bonchev–Trinajstić information content (AvgIpc) is 2.05. The second-order valence-electron chi connectivity index (χ2n) is 2.31. The smallest absolute Gasteiger partial charge is 0.358 e. The molecule has 0 aliphatic heterocycles. The molecule has 3 nitrogen and oxygen atoms in total. The Morgan fingerprint density at radius 3 is 2.77 bits per heavy atom. The topological polar surface area (TPSA) is 46.5 Å². The summed E-state index contributed by atoms with van der Waals surface area (Å²) in [6.07, 6.45) is 1.06. The molecule has 0 saturated heterocycles. The Morgan fingerprint density at radius 1 is 1.85 bits per heavy atom. The Hall–Kier alpha value is -0.420. The summed E-state index contributed by atoms with van der Waals surface area (Å²) in [6.45, 7) is 3.24. The van der Waals surface area contributed by atoms with Crippen molar-refractivity contribution in [1.29, 1.82) is 0 Å². The summed E-state index contributed by atoms with van der Waals surface area (Å²) >= 11 is 2.47. The van der Waals surface area contributed by atoms with Gasteiger partial charge in [0.2, 0.25) is 0 Å². The quantitative estimate of drug-likeness (QED) is 0.471. The SMILES string of the molecule is C/C=C/[C@@H](O)[C@](F)(Br)C(=O)OCC. The van der Waals surface area contributed by atoms with Crippen LogP contribution < -0.4 is 0 Å². The van der Waals surface area contributed by atoms with Gasteiger partial charge < -0.3 is 9.84 Å². The van der Waals surface area contributed by atoms with Gasteiger partial charge in [0.05, 0.1) is 6.61 Å². The Morgan fingerprint density at radius 2 is 2.38 bits per heavy atom. The molecular formula is C8H12BrFO3. The molecule has 1 N–H and O–H groups in total. The number of aliphatic hydroxyl groups excluding tert-OH is 1. The first kappa shape index (κ1) is 12.6. The van der Waals surface area contributed by atoms with Gasteiger partial charge in [0.1, 0.15) is 6.10 Å². The molecule has 0 unspecified atom stereocenters. The van der Waals surface area contributed by atoms with Crippen molar-refractivity contribution >= 4 is 21.9 Å². The van der Waals surface area contributed by atoms with Crippen LogP contribution in [-0.4, -0.2) is 28.4 Å². The fraction of sp³-hybridized carbons (Fsp3) is 0.625. The normalized spacial score (nSPS) is 18.2. The van der Waals surface area contributed by atoms with Crippen molar-refractivity contribution in [2.45, 2.75) is 24.5 Å². The summed E-state index contributed by atoms with van der Waals surface area (Å²) < 4.78 is 15.3. The number of hydrogen-bond donors (Lipinski definition) is 1. The van der Waals surface area contributed by atoms with Crippen LogP contribution in [0.1, 0.15) is 13.8 Å². The van der Waals surface area contributed by atoms with Crippen LogP contribution in [0.3, 0.4) is 0 Å². The van der Waals surface area contributed by atoms with Crippen molar-refractivity contribution in [3.05, 3.63) is 12.2 Å². The first-order valence-corrected chi connectivity index (χ1v) is 4.62. The highest BCUT2D eigenvalue weighted by molar-refractivity contribution is 9.10. The van der Waals surface area contributed by atoms with Gasteiger partial charge in [0, 0.05) is 0 Å². The predicted molar refractivity (Wildman–Crippen MR) is 50.2 cm³/mol. The number of hydrogen-bond acceptors (Lipinski definition) is 3. The number of esters is 1. The highest BCUT2D eigenvalue weighted by Crippen LogP contribution is 2.27. The maximum absolute atomic E-state index is 13.4. The molecule has 0 rings (SSSR count). The minimum absolute atomic E-state index is 0.0681. The molecular weight excluding hydrogens is 243 g/mol. The van der Waals surface area contributed by atoms with E-state index in [2.05, 4.69) is 20.7 Å². The molecule has 2 atom stereocenters. The minimum atomic E-state index is -2.56. The summed E-state index contributed by atoms with van der Waals surface area (Å²) in [5.74, 6) is -1.12. The average molecular weight is 255 g/mol.